The summed E-state index contributed by atoms with van der Waals surface area (Å²) in [5, 5.41) is 43.0. The van der Waals surface area contributed by atoms with Gasteiger partial charge in [0, 0.05) is 48.4 Å². The number of nitrogens with one attached hydrogen (secondary N) is 1. The van der Waals surface area contributed by atoms with Crippen LogP contribution in [0.4, 0.5) is 18.9 Å². The molecule has 5 N–H and O–H groups in total. The molecule has 88 heavy (non-hydrogen) atoms. The summed E-state index contributed by atoms with van der Waals surface area (Å²) in [6.07, 6.45) is 8.48. The first-order valence-corrected chi connectivity index (χ1v) is 30.0. The van der Waals surface area contributed by atoms with Crippen molar-refractivity contribution in [2.24, 2.45) is 29.6 Å². The number of aromatic hydroxyl groups is 2. The smallest absolute Gasteiger partial charge is 0.342 e. The summed E-state index contributed by atoms with van der Waals surface area (Å²) in [6.45, 7) is 26.9. The lowest BCUT2D eigenvalue weighted by molar-refractivity contribution is -0.149. The summed E-state index contributed by atoms with van der Waals surface area (Å²) >= 11 is 0. The summed E-state index contributed by atoms with van der Waals surface area (Å²) in [5.41, 5.74) is 5.65. The van der Waals surface area contributed by atoms with E-state index in [1.165, 1.54) is 50.3 Å². The highest BCUT2D eigenvalue weighted by Gasteiger charge is 2.46. The number of fused-ring (bicyclic) bond motifs is 5. The number of benzene rings is 3. The molecule has 0 spiro atoms. The summed E-state index contributed by atoms with van der Waals surface area (Å²) < 4.78 is 85.1. The van der Waals surface area contributed by atoms with E-state index in [4.69, 9.17) is 33.2 Å². The number of rotatable bonds is 1. The molecule has 5 aliphatic heterocycles. The van der Waals surface area contributed by atoms with Gasteiger partial charge >= 0.3 is 17.9 Å². The zero-order valence-electron chi connectivity index (χ0n) is 53.3. The van der Waals surface area contributed by atoms with Gasteiger partial charge in [-0.15, -0.1) is 0 Å². The maximum absolute atomic E-state index is 15.1. The number of halogens is 3. The minimum Gasteiger partial charge on any atom is -0.508 e. The van der Waals surface area contributed by atoms with Crippen molar-refractivity contribution >= 4 is 47.6 Å². The highest BCUT2D eigenvalue weighted by atomic mass is 19.1. The van der Waals surface area contributed by atoms with Crippen molar-refractivity contribution in [3.63, 3.8) is 0 Å². The Labute approximate surface area is 515 Å². The van der Waals surface area contributed by atoms with Gasteiger partial charge < -0.3 is 58.9 Å². The van der Waals surface area contributed by atoms with Crippen LogP contribution in [0.25, 0.3) is 18.2 Å². The first-order valence-electron chi connectivity index (χ1n) is 30.0. The van der Waals surface area contributed by atoms with E-state index in [9.17, 15) is 44.0 Å². The van der Waals surface area contributed by atoms with E-state index < -0.39 is 95.6 Å². The number of esters is 3. The van der Waals surface area contributed by atoms with Crippen LogP contribution in [0.1, 0.15) is 167 Å². The van der Waals surface area contributed by atoms with E-state index in [-0.39, 0.29) is 65.2 Å². The Morgan fingerprint density at radius 2 is 0.932 bits per heavy atom. The second-order valence-corrected chi connectivity index (χ2v) is 24.7. The van der Waals surface area contributed by atoms with E-state index >= 15 is 8.78 Å². The average molecular weight is 1230 g/mol. The molecular formula is C69H88F3NO15. The monoisotopic (exact) mass is 1230 g/mol. The molecule has 19 heteroatoms. The first kappa shape index (κ1) is 70.2. The molecule has 16 nitrogen and oxygen atoms in total. The molecule has 14 atom stereocenters. The lowest BCUT2D eigenvalue weighted by Gasteiger charge is -2.24. The molecule has 3 aromatic rings. The molecule has 2 fully saturated rings. The summed E-state index contributed by atoms with van der Waals surface area (Å²) in [5.74, 6) is -8.79. The normalized spacial score (nSPS) is 32.0. The van der Waals surface area contributed by atoms with Gasteiger partial charge in [-0.3, -0.25) is 4.79 Å². The molecule has 0 bridgehead atoms. The lowest BCUT2D eigenvalue weighted by Crippen LogP contribution is -2.34. The zero-order chi connectivity index (χ0) is 65.4. The SMILES string of the molecule is CNc1cc(O)c2c(c1)C=CC[C@H](O)[C@H](O)C(=O)/C(F)=C\[C@@H](C)[C@H](C)OC2=O.Cc1cc(C)c2c(c1)C=CCC1OC(C)(C)OC1C(C)/C(F)=C\[C@@H](C)[C@H](C)OC2=O.Cc1cc(O)cc2c1C(=O)O[C@@H](C)[C@H](C)/C=C(/F)C(C)C1OC(C)(C)OC1CC=C2. The van der Waals surface area contributed by atoms with Crippen molar-refractivity contribution in [2.75, 3.05) is 12.4 Å². The summed E-state index contributed by atoms with van der Waals surface area (Å²) in [6, 6.07) is 9.98. The third-order valence-corrected chi connectivity index (χ3v) is 16.4. The molecular weight excluding hydrogens is 1140 g/mol. The first-order chi connectivity index (χ1) is 41.1. The number of carbonyl (C=O) groups is 4. The second kappa shape index (κ2) is 29.6. The number of carbonyl (C=O) groups excluding carboxylic acids is 4. The topological polar surface area (TPSA) is 226 Å². The van der Waals surface area contributed by atoms with E-state index in [0.29, 0.717) is 46.3 Å². The quantitative estimate of drug-likeness (QED) is 0.113. The maximum atomic E-state index is 15.1. The third-order valence-electron chi connectivity index (χ3n) is 16.4. The van der Waals surface area contributed by atoms with Gasteiger partial charge in [-0.2, -0.15) is 0 Å². The van der Waals surface area contributed by atoms with Crippen molar-refractivity contribution in [3.8, 4) is 11.5 Å². The zero-order valence-corrected chi connectivity index (χ0v) is 53.3. The van der Waals surface area contributed by atoms with Gasteiger partial charge in [0.05, 0.1) is 41.6 Å². The molecule has 8 rings (SSSR count). The maximum Gasteiger partial charge on any atom is 0.342 e. The number of cyclic esters (lactones) is 3. The standard InChI is InChI=1S/C25H33FO4.C24H31FO5.C20H24FNO6/c1-14-11-16(3)22-19(12-14)9-8-10-21-23(30-25(6,7)29-21)17(4)20(26)13-15(2)18(5)28-24(22)27;1-13-11-19(25)15(3)22-20(29-24(5,6)30-22)9-7-8-17-12-18(26)10-14(2)21(17)23(27)28-16(13)4;1-10-7-14(21)18(25)19(26)15(23)6-4-5-12-8-13(22-3)9-16(24)17(12)20(27)28-11(10)2/h8-9,11-13,15,17-18,21,23H,10H2,1-7H3;7-8,10-13,15-16,20,22,26H,9H2,1-6H3;4-5,7-11,15,19,22-24,26H,6H2,1-3H3/b9-8?,20-13+;8-7?,19-11+;5-4?,14-7+/t15-,17?,18+,21?,23?;13-,15?,16+,20?,22?;10-,11+,15+,19+/m111/s1. The van der Waals surface area contributed by atoms with Crippen molar-refractivity contribution in [1.29, 1.82) is 0 Å². The fourth-order valence-electron chi connectivity index (χ4n) is 11.0. The fraction of sp³-hybridized carbons (Fsp3) is 0.507. The number of ketones is 1. The van der Waals surface area contributed by atoms with Crippen molar-refractivity contribution in [1.82, 2.24) is 0 Å². The number of hydrogen-bond acceptors (Lipinski definition) is 16. The molecule has 0 aliphatic carbocycles. The van der Waals surface area contributed by atoms with Crippen LogP contribution in [-0.2, 0) is 38.0 Å². The van der Waals surface area contributed by atoms with Crippen molar-refractivity contribution < 1.29 is 85.9 Å². The number of phenols is 2. The van der Waals surface area contributed by atoms with Crippen LogP contribution in [0, 0.1) is 50.4 Å². The molecule has 2 saturated heterocycles. The Kier molecular flexibility index (Phi) is 23.6. The molecule has 0 amide bonds. The average Bonchev–Trinajstić information content (AvgIpc) is 3.77. The minimum atomic E-state index is -1.93. The molecule has 0 saturated carbocycles. The lowest BCUT2D eigenvalue weighted by atomic mass is 9.92. The van der Waals surface area contributed by atoms with E-state index in [1.807, 2.05) is 92.7 Å². The highest BCUT2D eigenvalue weighted by molar-refractivity contribution is 5.99. The number of aliphatic hydroxyl groups is 2. The predicted octanol–water partition coefficient (Wildman–Crippen LogP) is 13.4. The molecule has 480 valence electrons. The third kappa shape index (κ3) is 17.7. The number of Topliss-reactive ketones (excluding diaryl/α,β-unsaturated/α-hetero) is 1. The number of aliphatic hydroxyl groups excluding tert-OH is 2. The highest BCUT2D eigenvalue weighted by Crippen LogP contribution is 2.40. The Balaban J connectivity index is 0.000000211. The van der Waals surface area contributed by atoms with Gasteiger partial charge in [0.15, 0.2) is 17.4 Å². The Hall–Kier alpha value is -6.87. The number of ether oxygens (including phenoxy) is 7. The van der Waals surface area contributed by atoms with Crippen LogP contribution in [-0.4, -0.2) is 118 Å². The van der Waals surface area contributed by atoms with E-state index in [2.05, 4.69) is 5.32 Å². The Bertz CT molecular complexity index is 3090. The summed E-state index contributed by atoms with van der Waals surface area (Å²) in [7, 11) is 1.64. The van der Waals surface area contributed by atoms with Gasteiger partial charge in [-0.1, -0.05) is 88.8 Å². The largest absolute Gasteiger partial charge is 0.508 e. The number of phenolic OH excluding ortho intramolecular Hbond substituents is 2. The fourth-order valence-corrected chi connectivity index (χ4v) is 11.0. The van der Waals surface area contributed by atoms with E-state index in [1.54, 1.807) is 53.0 Å². The molecule has 3 aromatic carbocycles. The predicted molar refractivity (Wildman–Crippen MR) is 330 cm³/mol. The molecule has 5 aliphatic rings. The second-order valence-electron chi connectivity index (χ2n) is 24.7. The van der Waals surface area contributed by atoms with Crippen LogP contribution in [0.3, 0.4) is 0 Å². The van der Waals surface area contributed by atoms with Crippen LogP contribution < -0.4 is 5.32 Å². The minimum absolute atomic E-state index is 0.0734. The summed E-state index contributed by atoms with van der Waals surface area (Å²) in [4.78, 5) is 50.4. The molecule has 6 unspecified atom stereocenters. The Morgan fingerprint density at radius 3 is 1.40 bits per heavy atom. The van der Waals surface area contributed by atoms with Gasteiger partial charge in [0.1, 0.15) is 53.1 Å². The number of anilines is 1. The van der Waals surface area contributed by atoms with Crippen molar-refractivity contribution in [2.45, 2.75) is 190 Å². The Morgan fingerprint density at radius 1 is 0.523 bits per heavy atom. The van der Waals surface area contributed by atoms with Crippen LogP contribution >= 0.6 is 0 Å². The van der Waals surface area contributed by atoms with E-state index in [0.717, 1.165) is 22.8 Å². The number of hydrogen-bond donors (Lipinski definition) is 5. The van der Waals surface area contributed by atoms with Crippen LogP contribution in [0.5, 0.6) is 11.5 Å². The van der Waals surface area contributed by atoms with Crippen LogP contribution in [0.2, 0.25) is 0 Å². The van der Waals surface area contributed by atoms with Gasteiger partial charge in [0.25, 0.3) is 0 Å². The molecule has 0 aromatic heterocycles. The van der Waals surface area contributed by atoms with Gasteiger partial charge in [-0.05, 0) is 153 Å². The number of aryl methyl sites for hydroxylation is 3. The van der Waals surface area contributed by atoms with Crippen molar-refractivity contribution in [3.05, 3.63) is 140 Å². The van der Waals surface area contributed by atoms with Gasteiger partial charge in [0.2, 0.25) is 5.78 Å². The molecule has 5 heterocycles. The molecule has 0 radical (unpaired) electrons. The van der Waals surface area contributed by atoms with Gasteiger partial charge in [-0.25, -0.2) is 27.6 Å². The van der Waals surface area contributed by atoms with Crippen LogP contribution in [0.15, 0.2) is 90.3 Å².